The number of fused-ring (bicyclic) bond motifs is 1. The molecule has 3 rings (SSSR count). The third-order valence-corrected chi connectivity index (χ3v) is 10.1. The smallest absolute Gasteiger partial charge is 0.407 e. The average Bonchev–Trinajstić information content (AvgIpc) is 3.61. The van der Waals surface area contributed by atoms with Crippen molar-refractivity contribution in [2.45, 2.75) is 90.1 Å². The molecule has 0 aliphatic carbocycles. The SMILES string of the molecule is CCOC(=O)N[C@H](CC(=O)O)C(=O)C[C@@H](CCC(=O)O)C(=O)NCC(=O)C[C@@H](Cc1cccc(F)c1)C(=O)N[C@@H](Cc1c[nH]c2ccccc12)C(=O)C[C@@H](CCC(=O)O)C(C)=O. The van der Waals surface area contributed by atoms with Crippen molar-refractivity contribution in [2.75, 3.05) is 13.2 Å². The molecular weight excluding hydrogens is 815 g/mol. The van der Waals surface area contributed by atoms with Crippen LogP contribution in [-0.2, 0) is 60.7 Å². The number of carbonyl (C=O) groups is 10. The maximum Gasteiger partial charge on any atom is 0.407 e. The summed E-state index contributed by atoms with van der Waals surface area (Å²) in [4.78, 5) is 130. The standard InChI is InChI=1S/C43H51FN4O14/c1-3-62-43(61)48-35(21-40(57)58)37(52)20-27(12-14-39(55)56)41(59)46-23-31(50)17-28(15-25-7-6-8-30(44)16-25)42(60)47-34(18-29-22-45-33-10-5-4-9-32(29)33)36(51)19-26(24(2)49)11-13-38(53)54/h4-10,16,22,26-28,34-35,45H,3,11-15,17-21,23H2,1-2H3,(H,46,59)(H,47,60)(H,48,61)(H,53,54)(H,55,56)(H,57,58)/t26-,27-,28-,34+,35-/m1/s1. The molecule has 5 atom stereocenters. The summed E-state index contributed by atoms with van der Waals surface area (Å²) < 4.78 is 19.0. The lowest BCUT2D eigenvalue weighted by atomic mass is 9.88. The molecule has 0 radical (unpaired) electrons. The molecule has 19 heteroatoms. The molecule has 1 heterocycles. The Hall–Kier alpha value is -6.79. The number of aliphatic carboxylic acids is 3. The molecule has 18 nitrogen and oxygen atoms in total. The number of aromatic amines is 1. The molecule has 2 aromatic carbocycles. The zero-order chi connectivity index (χ0) is 45.9. The van der Waals surface area contributed by atoms with E-state index in [1.54, 1.807) is 30.5 Å². The van der Waals surface area contributed by atoms with Gasteiger partial charge in [0.1, 0.15) is 17.6 Å². The number of para-hydroxylation sites is 1. The van der Waals surface area contributed by atoms with Gasteiger partial charge in [0.15, 0.2) is 17.3 Å². The number of amides is 3. The number of rotatable bonds is 28. The zero-order valence-electron chi connectivity index (χ0n) is 34.3. The van der Waals surface area contributed by atoms with Crippen molar-refractivity contribution in [3.05, 3.63) is 71.7 Å². The number of nitrogens with one attached hydrogen (secondary N) is 4. The number of ketones is 4. The van der Waals surface area contributed by atoms with E-state index in [9.17, 15) is 67.7 Å². The molecule has 0 unspecified atom stereocenters. The van der Waals surface area contributed by atoms with Gasteiger partial charge in [0.2, 0.25) is 11.8 Å². The van der Waals surface area contributed by atoms with Gasteiger partial charge in [-0.2, -0.15) is 0 Å². The molecule has 0 fully saturated rings. The molecule has 0 saturated heterocycles. The Labute approximate surface area is 355 Å². The number of hydrogen-bond donors (Lipinski definition) is 7. The molecule has 0 bridgehead atoms. The number of ether oxygens (including phenoxy) is 1. The van der Waals surface area contributed by atoms with Crippen LogP contribution in [0.2, 0.25) is 0 Å². The first-order valence-electron chi connectivity index (χ1n) is 19.9. The van der Waals surface area contributed by atoms with Crippen LogP contribution >= 0.6 is 0 Å². The van der Waals surface area contributed by atoms with Crippen molar-refractivity contribution in [2.24, 2.45) is 17.8 Å². The second-order valence-corrected chi connectivity index (χ2v) is 14.8. The van der Waals surface area contributed by atoms with E-state index in [-0.39, 0.29) is 32.3 Å². The van der Waals surface area contributed by atoms with E-state index in [0.29, 0.717) is 11.1 Å². The lowest BCUT2D eigenvalue weighted by Gasteiger charge is -2.24. The fourth-order valence-electron chi connectivity index (χ4n) is 6.81. The van der Waals surface area contributed by atoms with Gasteiger partial charge in [-0.05, 0) is 62.4 Å². The van der Waals surface area contributed by atoms with E-state index in [1.807, 2.05) is 0 Å². The second kappa shape index (κ2) is 24.5. The summed E-state index contributed by atoms with van der Waals surface area (Å²) in [5, 5.41) is 35.7. The Balaban J connectivity index is 1.86. The van der Waals surface area contributed by atoms with Crippen molar-refractivity contribution in [1.82, 2.24) is 20.9 Å². The predicted octanol–water partition coefficient (Wildman–Crippen LogP) is 3.33. The summed E-state index contributed by atoms with van der Waals surface area (Å²) in [5.41, 5.74) is 1.68. The number of Topliss-reactive ketones (excluding diaryl/α,β-unsaturated/α-hetero) is 4. The van der Waals surface area contributed by atoms with Crippen LogP contribution in [0.1, 0.15) is 76.3 Å². The predicted molar refractivity (Wildman–Crippen MR) is 217 cm³/mol. The highest BCUT2D eigenvalue weighted by Gasteiger charge is 2.33. The van der Waals surface area contributed by atoms with Crippen molar-refractivity contribution in [3.63, 3.8) is 0 Å². The highest BCUT2D eigenvalue weighted by Crippen LogP contribution is 2.23. The summed E-state index contributed by atoms with van der Waals surface area (Å²) in [6.45, 7) is 1.90. The number of hydrogen-bond acceptors (Lipinski definition) is 11. The van der Waals surface area contributed by atoms with Gasteiger partial charge in [-0.25, -0.2) is 9.18 Å². The number of aromatic nitrogens is 1. The minimum absolute atomic E-state index is 0.0616. The molecule has 62 heavy (non-hydrogen) atoms. The maximum absolute atomic E-state index is 14.3. The van der Waals surface area contributed by atoms with E-state index in [4.69, 9.17) is 4.74 Å². The molecule has 3 aromatic rings. The van der Waals surface area contributed by atoms with Gasteiger partial charge in [0.25, 0.3) is 0 Å². The Morgan fingerprint density at radius 2 is 1.35 bits per heavy atom. The molecule has 0 saturated carbocycles. The number of carbonyl (C=O) groups excluding carboxylic acids is 7. The average molecular weight is 867 g/mol. The zero-order valence-corrected chi connectivity index (χ0v) is 34.3. The monoisotopic (exact) mass is 866 g/mol. The number of carboxylic acid groups (broad SMARTS) is 3. The van der Waals surface area contributed by atoms with Gasteiger partial charge in [-0.1, -0.05) is 30.3 Å². The highest BCUT2D eigenvalue weighted by molar-refractivity contribution is 5.97. The van der Waals surface area contributed by atoms with Crippen LogP contribution in [0.4, 0.5) is 9.18 Å². The molecule has 3 amide bonds. The Morgan fingerprint density at radius 3 is 1.98 bits per heavy atom. The molecule has 0 aliphatic heterocycles. The third kappa shape index (κ3) is 16.7. The molecule has 0 aliphatic rings. The number of H-pyrrole nitrogens is 1. The van der Waals surface area contributed by atoms with Crippen LogP contribution in [0, 0.1) is 23.6 Å². The third-order valence-electron chi connectivity index (χ3n) is 10.1. The summed E-state index contributed by atoms with van der Waals surface area (Å²) in [6, 6.07) is 9.51. The molecule has 0 spiro atoms. The summed E-state index contributed by atoms with van der Waals surface area (Å²) in [6.07, 6.45) is -3.73. The summed E-state index contributed by atoms with van der Waals surface area (Å²) in [5.74, 6) is -12.6. The molecule has 7 N–H and O–H groups in total. The number of halogens is 1. The van der Waals surface area contributed by atoms with Crippen molar-refractivity contribution < 1.29 is 72.4 Å². The van der Waals surface area contributed by atoms with E-state index >= 15 is 0 Å². The van der Waals surface area contributed by atoms with E-state index in [0.717, 1.165) is 17.0 Å². The van der Waals surface area contributed by atoms with Crippen LogP contribution in [0.5, 0.6) is 0 Å². The Bertz CT molecular complexity index is 2130. The minimum Gasteiger partial charge on any atom is -0.481 e. The minimum atomic E-state index is -1.62. The lowest BCUT2D eigenvalue weighted by Crippen LogP contribution is -2.47. The topological polar surface area (TPSA) is 292 Å². The Kier molecular flexibility index (Phi) is 19.6. The van der Waals surface area contributed by atoms with Gasteiger partial charge in [-0.3, -0.25) is 43.2 Å². The van der Waals surface area contributed by atoms with E-state index in [1.165, 1.54) is 32.0 Å². The quantitative estimate of drug-likeness (QED) is 0.0551. The van der Waals surface area contributed by atoms with E-state index < -0.39 is 140 Å². The molecule has 334 valence electrons. The van der Waals surface area contributed by atoms with Crippen molar-refractivity contribution in [3.8, 4) is 0 Å². The van der Waals surface area contributed by atoms with Crippen molar-refractivity contribution >= 4 is 69.9 Å². The van der Waals surface area contributed by atoms with Crippen LogP contribution < -0.4 is 16.0 Å². The fourth-order valence-corrected chi connectivity index (χ4v) is 6.81. The number of carboxylic acids is 3. The van der Waals surface area contributed by atoms with Gasteiger partial charge in [0, 0.05) is 73.4 Å². The Morgan fingerprint density at radius 1 is 0.710 bits per heavy atom. The first-order valence-corrected chi connectivity index (χ1v) is 19.9. The van der Waals surface area contributed by atoms with E-state index in [2.05, 4.69) is 20.9 Å². The largest absolute Gasteiger partial charge is 0.481 e. The summed E-state index contributed by atoms with van der Waals surface area (Å²) in [7, 11) is 0. The van der Waals surface area contributed by atoms with Gasteiger partial charge in [-0.15, -0.1) is 0 Å². The highest BCUT2D eigenvalue weighted by atomic mass is 19.1. The van der Waals surface area contributed by atoms with Crippen LogP contribution in [-0.4, -0.2) is 104 Å². The number of alkyl carbamates (subject to hydrolysis) is 1. The van der Waals surface area contributed by atoms with Crippen molar-refractivity contribution in [1.29, 1.82) is 0 Å². The van der Waals surface area contributed by atoms with Crippen LogP contribution in [0.25, 0.3) is 10.9 Å². The fraction of sp³-hybridized carbons (Fsp3) is 0.442. The normalized spacial score (nSPS) is 13.4. The lowest BCUT2D eigenvalue weighted by molar-refractivity contribution is -0.140. The number of benzene rings is 2. The first kappa shape index (κ1) is 49.6. The van der Waals surface area contributed by atoms with Gasteiger partial charge >= 0.3 is 24.0 Å². The van der Waals surface area contributed by atoms with Gasteiger partial charge < -0.3 is 41.0 Å². The second-order valence-electron chi connectivity index (χ2n) is 14.8. The van der Waals surface area contributed by atoms with Gasteiger partial charge in [0.05, 0.1) is 25.6 Å². The molecular formula is C43H51FN4O14. The molecule has 1 aromatic heterocycles. The maximum atomic E-state index is 14.3. The first-order chi connectivity index (χ1) is 29.4. The summed E-state index contributed by atoms with van der Waals surface area (Å²) >= 11 is 0. The van der Waals surface area contributed by atoms with Crippen LogP contribution in [0.15, 0.2) is 54.7 Å². The van der Waals surface area contributed by atoms with Crippen LogP contribution in [0.3, 0.4) is 0 Å².